The highest BCUT2D eigenvalue weighted by molar-refractivity contribution is 6.99. The quantitative estimate of drug-likeness (QED) is 0.246. The molecule has 0 saturated carbocycles. The van der Waals surface area contributed by atoms with Crippen molar-refractivity contribution in [2.45, 2.75) is 32.1 Å². The van der Waals surface area contributed by atoms with Gasteiger partial charge in [-0.25, -0.2) is 0 Å². The number of aliphatic hydroxyl groups excluding tert-OH is 2. The second-order valence-electron chi connectivity index (χ2n) is 7.91. The SMILES string of the molecule is CCOCCOCCOCC(O)O[Si](c1ccccc1)(c1ccccc1)C(C)(C)CO. The number of ether oxygens (including phenoxy) is 3. The molecule has 2 rings (SSSR count). The van der Waals surface area contributed by atoms with E-state index in [2.05, 4.69) is 0 Å². The lowest BCUT2D eigenvalue weighted by Crippen LogP contribution is -2.69. The Morgan fingerprint density at radius 2 is 1.29 bits per heavy atom. The van der Waals surface area contributed by atoms with E-state index in [1.165, 1.54) is 0 Å². The summed E-state index contributed by atoms with van der Waals surface area (Å²) in [6, 6.07) is 19.8. The van der Waals surface area contributed by atoms with E-state index in [0.29, 0.717) is 33.0 Å². The molecule has 2 aromatic carbocycles. The maximum Gasteiger partial charge on any atom is 0.267 e. The van der Waals surface area contributed by atoms with Crippen LogP contribution in [0.25, 0.3) is 0 Å². The standard InChI is InChI=1S/C24H36O6Si/c1-4-27-15-16-28-17-18-29-19-23(26)30-31(24(2,3)20-25,21-11-7-5-8-12-21)22-13-9-6-10-14-22/h5-14,23,25-26H,4,15-20H2,1-3H3. The normalized spacial score (nSPS) is 13.3. The van der Waals surface area contributed by atoms with Crippen LogP contribution in [0.4, 0.5) is 0 Å². The third-order valence-corrected chi connectivity index (χ3v) is 10.2. The molecule has 0 spiro atoms. The van der Waals surface area contributed by atoms with Gasteiger partial charge in [-0.15, -0.1) is 0 Å². The molecule has 31 heavy (non-hydrogen) atoms. The largest absolute Gasteiger partial charge is 0.396 e. The van der Waals surface area contributed by atoms with E-state index in [1.807, 2.05) is 81.4 Å². The first kappa shape index (κ1) is 25.7. The summed E-state index contributed by atoms with van der Waals surface area (Å²) in [6.45, 7) is 8.36. The summed E-state index contributed by atoms with van der Waals surface area (Å²) in [4.78, 5) is 0. The predicted octanol–water partition coefficient (Wildman–Crippen LogP) is 1.92. The maximum atomic E-state index is 10.8. The minimum atomic E-state index is -3.06. The number of benzene rings is 2. The van der Waals surface area contributed by atoms with Gasteiger partial charge in [0.2, 0.25) is 0 Å². The first-order valence-corrected chi connectivity index (χ1v) is 12.7. The molecule has 6 nitrogen and oxygen atoms in total. The molecule has 0 saturated heterocycles. The lowest BCUT2D eigenvalue weighted by molar-refractivity contribution is -0.0915. The van der Waals surface area contributed by atoms with Gasteiger partial charge >= 0.3 is 0 Å². The molecule has 0 bridgehead atoms. The Hall–Kier alpha value is -1.58. The van der Waals surface area contributed by atoms with Gasteiger partial charge in [0.15, 0.2) is 6.29 Å². The van der Waals surface area contributed by atoms with E-state index in [-0.39, 0.29) is 13.2 Å². The van der Waals surface area contributed by atoms with E-state index >= 15 is 0 Å². The smallest absolute Gasteiger partial charge is 0.267 e. The second kappa shape index (κ2) is 13.1. The first-order valence-electron chi connectivity index (χ1n) is 10.8. The molecule has 0 aromatic heterocycles. The molecule has 0 aliphatic rings. The van der Waals surface area contributed by atoms with Crippen LogP contribution < -0.4 is 10.4 Å². The van der Waals surface area contributed by atoms with Gasteiger partial charge in [0, 0.05) is 18.3 Å². The number of aliphatic hydroxyl groups is 2. The highest BCUT2D eigenvalue weighted by atomic mass is 28.4. The van der Waals surface area contributed by atoms with E-state index in [1.54, 1.807) is 0 Å². The van der Waals surface area contributed by atoms with Gasteiger partial charge in [0.25, 0.3) is 8.32 Å². The van der Waals surface area contributed by atoms with E-state index in [0.717, 1.165) is 10.4 Å². The van der Waals surface area contributed by atoms with Crippen molar-refractivity contribution in [3.8, 4) is 0 Å². The van der Waals surface area contributed by atoms with Crippen molar-refractivity contribution in [2.24, 2.45) is 0 Å². The Kier molecular flexibility index (Phi) is 10.8. The molecular weight excluding hydrogens is 412 g/mol. The summed E-state index contributed by atoms with van der Waals surface area (Å²) in [5, 5.41) is 22.5. The average molecular weight is 449 g/mol. The number of hydrogen-bond acceptors (Lipinski definition) is 6. The maximum absolute atomic E-state index is 10.8. The zero-order chi connectivity index (χ0) is 22.6. The molecule has 0 aliphatic heterocycles. The molecule has 2 N–H and O–H groups in total. The van der Waals surface area contributed by atoms with Crippen LogP contribution in [0, 0.1) is 0 Å². The molecule has 1 atom stereocenters. The number of hydrogen-bond donors (Lipinski definition) is 2. The third kappa shape index (κ3) is 6.95. The van der Waals surface area contributed by atoms with Gasteiger partial charge in [-0.1, -0.05) is 74.5 Å². The van der Waals surface area contributed by atoms with Crippen LogP contribution >= 0.6 is 0 Å². The van der Waals surface area contributed by atoms with Crippen LogP contribution in [0.3, 0.4) is 0 Å². The fourth-order valence-corrected chi connectivity index (χ4v) is 8.12. The minimum Gasteiger partial charge on any atom is -0.396 e. The summed E-state index contributed by atoms with van der Waals surface area (Å²) in [6.07, 6.45) is -1.14. The van der Waals surface area contributed by atoms with Gasteiger partial charge in [-0.2, -0.15) is 0 Å². The third-order valence-electron chi connectivity index (χ3n) is 5.23. The van der Waals surface area contributed by atoms with Gasteiger partial charge in [-0.05, 0) is 17.3 Å². The Balaban J connectivity index is 2.14. The van der Waals surface area contributed by atoms with Crippen molar-refractivity contribution < 1.29 is 28.8 Å². The molecule has 0 aliphatic carbocycles. The molecular formula is C24H36O6Si. The van der Waals surface area contributed by atoms with Crippen LogP contribution in [0.2, 0.25) is 5.04 Å². The van der Waals surface area contributed by atoms with Crippen LogP contribution in [0.5, 0.6) is 0 Å². The summed E-state index contributed by atoms with van der Waals surface area (Å²) in [7, 11) is -3.06. The Morgan fingerprint density at radius 3 is 1.77 bits per heavy atom. The molecule has 0 fully saturated rings. The van der Waals surface area contributed by atoms with Crippen LogP contribution in [-0.4, -0.2) is 71.1 Å². The topological polar surface area (TPSA) is 77.4 Å². The lowest BCUT2D eigenvalue weighted by Gasteiger charge is -2.45. The van der Waals surface area contributed by atoms with Gasteiger partial charge in [0.1, 0.15) is 0 Å². The van der Waals surface area contributed by atoms with Crippen molar-refractivity contribution in [2.75, 3.05) is 46.2 Å². The molecule has 1 unspecified atom stereocenters. The number of rotatable bonds is 15. The zero-order valence-electron chi connectivity index (χ0n) is 18.8. The van der Waals surface area contributed by atoms with E-state index < -0.39 is 19.6 Å². The van der Waals surface area contributed by atoms with Gasteiger partial charge < -0.3 is 28.8 Å². The van der Waals surface area contributed by atoms with Crippen molar-refractivity contribution >= 4 is 18.7 Å². The molecule has 0 heterocycles. The fourth-order valence-electron chi connectivity index (χ4n) is 3.61. The second-order valence-corrected chi connectivity index (χ2v) is 12.0. The molecule has 0 amide bonds. The predicted molar refractivity (Wildman–Crippen MR) is 124 cm³/mol. The summed E-state index contributed by atoms with van der Waals surface area (Å²) in [5.41, 5.74) is 0. The van der Waals surface area contributed by atoms with Crippen molar-refractivity contribution in [1.82, 2.24) is 0 Å². The molecule has 172 valence electrons. The molecule has 0 radical (unpaired) electrons. The summed E-state index contributed by atoms with van der Waals surface area (Å²) >= 11 is 0. The summed E-state index contributed by atoms with van der Waals surface area (Å²) in [5.74, 6) is 0. The van der Waals surface area contributed by atoms with Crippen molar-refractivity contribution in [3.05, 3.63) is 60.7 Å². The lowest BCUT2D eigenvalue weighted by atomic mass is 10.2. The van der Waals surface area contributed by atoms with Crippen LogP contribution in [0.15, 0.2) is 60.7 Å². The molecule has 2 aromatic rings. The average Bonchev–Trinajstić information content (AvgIpc) is 2.80. The molecule has 7 heteroatoms. The van der Waals surface area contributed by atoms with Crippen LogP contribution in [0.1, 0.15) is 20.8 Å². The Bertz CT molecular complexity index is 686. The van der Waals surface area contributed by atoms with Crippen molar-refractivity contribution in [1.29, 1.82) is 0 Å². The zero-order valence-corrected chi connectivity index (χ0v) is 19.8. The fraction of sp³-hybridized carbons (Fsp3) is 0.500. The van der Waals surface area contributed by atoms with Crippen LogP contribution in [-0.2, 0) is 18.6 Å². The Labute approximate surface area is 186 Å². The van der Waals surface area contributed by atoms with Crippen molar-refractivity contribution in [3.63, 3.8) is 0 Å². The summed E-state index contributed by atoms with van der Waals surface area (Å²) < 4.78 is 22.7. The van der Waals surface area contributed by atoms with Gasteiger partial charge in [0.05, 0.1) is 33.0 Å². The van der Waals surface area contributed by atoms with E-state index in [9.17, 15) is 10.2 Å². The van der Waals surface area contributed by atoms with E-state index in [4.69, 9.17) is 18.6 Å². The minimum absolute atomic E-state index is 0.0186. The van der Waals surface area contributed by atoms with Gasteiger partial charge in [-0.3, -0.25) is 0 Å². The Morgan fingerprint density at radius 1 is 0.806 bits per heavy atom. The highest BCUT2D eigenvalue weighted by Crippen LogP contribution is 2.37. The monoisotopic (exact) mass is 448 g/mol. The first-order chi connectivity index (χ1) is 15.0. The highest BCUT2D eigenvalue weighted by Gasteiger charge is 2.53.